The molecule has 3 rings (SSSR count). The molecule has 0 aliphatic carbocycles. The van der Waals surface area contributed by atoms with E-state index in [2.05, 4.69) is 51.0 Å². The van der Waals surface area contributed by atoms with Gasteiger partial charge in [-0.2, -0.15) is 5.10 Å². The number of nitrogens with two attached hydrogens (primary N) is 1. The van der Waals surface area contributed by atoms with Crippen molar-refractivity contribution in [1.29, 1.82) is 0 Å². The van der Waals surface area contributed by atoms with Crippen LogP contribution in [0.2, 0.25) is 0 Å². The number of nitrogens with zero attached hydrogens (tertiary/aromatic N) is 2. The van der Waals surface area contributed by atoms with E-state index < -0.39 is 0 Å². The minimum atomic E-state index is -0.299. The van der Waals surface area contributed by atoms with Gasteiger partial charge in [-0.25, -0.2) is 4.39 Å². The summed E-state index contributed by atoms with van der Waals surface area (Å²) in [6.07, 6.45) is 8.24. The third-order valence-electron chi connectivity index (χ3n) is 6.53. The molecule has 35 heavy (non-hydrogen) atoms. The Bertz CT molecular complexity index is 1210. The Hall–Kier alpha value is -2.92. The molecule has 1 aromatic heterocycles. The molecule has 4 nitrogen and oxygen atoms in total. The minimum absolute atomic E-state index is 0.299. The van der Waals surface area contributed by atoms with E-state index in [0.29, 0.717) is 25.3 Å². The Morgan fingerprint density at radius 3 is 2.60 bits per heavy atom. The number of benzene rings is 2. The normalized spacial score (nSPS) is 12.8. The van der Waals surface area contributed by atoms with Gasteiger partial charge < -0.3 is 10.5 Å². The average Bonchev–Trinajstić information content (AvgIpc) is 3.15. The molecule has 188 valence electrons. The van der Waals surface area contributed by atoms with Crippen LogP contribution in [0.25, 0.3) is 22.0 Å². The molecule has 5 heteroatoms. The van der Waals surface area contributed by atoms with E-state index in [1.807, 2.05) is 17.8 Å². The predicted octanol–water partition coefficient (Wildman–Crippen LogP) is 7.51. The lowest BCUT2D eigenvalue weighted by molar-refractivity contribution is 0.321. The molecule has 1 heterocycles. The Morgan fingerprint density at radius 2 is 1.89 bits per heavy atom. The van der Waals surface area contributed by atoms with Crippen LogP contribution < -0.4 is 10.5 Å². The number of aromatic nitrogens is 2. The van der Waals surface area contributed by atoms with Crippen LogP contribution in [-0.2, 0) is 13.5 Å². The summed E-state index contributed by atoms with van der Waals surface area (Å²) >= 11 is 0. The van der Waals surface area contributed by atoms with Crippen molar-refractivity contribution in [2.45, 2.75) is 66.2 Å². The van der Waals surface area contributed by atoms with Crippen molar-refractivity contribution in [3.63, 3.8) is 0 Å². The number of fused-ring (bicyclic) bond motifs is 1. The van der Waals surface area contributed by atoms with E-state index >= 15 is 0 Å². The summed E-state index contributed by atoms with van der Waals surface area (Å²) in [7, 11) is 1.94. The summed E-state index contributed by atoms with van der Waals surface area (Å²) in [5.41, 5.74) is 13.8. The maximum absolute atomic E-state index is 14.2. The zero-order chi connectivity index (χ0) is 25.4. The molecule has 0 saturated carbocycles. The minimum Gasteiger partial charge on any atom is -0.492 e. The van der Waals surface area contributed by atoms with E-state index in [-0.39, 0.29) is 5.82 Å². The van der Waals surface area contributed by atoms with Gasteiger partial charge in [-0.1, -0.05) is 50.0 Å². The van der Waals surface area contributed by atoms with E-state index in [0.717, 1.165) is 59.8 Å². The second-order valence-corrected chi connectivity index (χ2v) is 9.26. The lowest BCUT2D eigenvalue weighted by Gasteiger charge is -2.16. The van der Waals surface area contributed by atoms with Gasteiger partial charge in [0.2, 0.25) is 0 Å². The number of unbranched alkanes of at least 4 members (excludes halogenated alkanes) is 1. The highest BCUT2D eigenvalue weighted by Crippen LogP contribution is 2.34. The topological polar surface area (TPSA) is 53.1 Å². The van der Waals surface area contributed by atoms with Crippen LogP contribution in [0.1, 0.15) is 65.5 Å². The molecular weight excluding hydrogens is 437 g/mol. The quantitative estimate of drug-likeness (QED) is 0.275. The van der Waals surface area contributed by atoms with E-state index in [1.165, 1.54) is 28.9 Å². The van der Waals surface area contributed by atoms with E-state index in [9.17, 15) is 4.39 Å². The Morgan fingerprint density at radius 1 is 1.09 bits per heavy atom. The number of allylic oxidation sites excluding steroid dienone is 3. The highest BCUT2D eigenvalue weighted by atomic mass is 19.1. The first-order chi connectivity index (χ1) is 16.9. The summed E-state index contributed by atoms with van der Waals surface area (Å²) in [6.45, 7) is 9.86. The first-order valence-corrected chi connectivity index (χ1v) is 12.8. The molecule has 0 amide bonds. The maximum Gasteiger partial charge on any atom is 0.130 e. The molecule has 0 aliphatic rings. The van der Waals surface area contributed by atoms with Crippen LogP contribution in [0.15, 0.2) is 59.2 Å². The van der Waals surface area contributed by atoms with Crippen molar-refractivity contribution in [2.24, 2.45) is 12.8 Å². The van der Waals surface area contributed by atoms with E-state index in [4.69, 9.17) is 10.5 Å². The van der Waals surface area contributed by atoms with Crippen LogP contribution in [-0.4, -0.2) is 22.9 Å². The molecule has 0 atom stereocenters. The molecule has 2 N–H and O–H groups in total. The third-order valence-corrected chi connectivity index (χ3v) is 6.53. The van der Waals surface area contributed by atoms with Gasteiger partial charge in [-0.15, -0.1) is 0 Å². The van der Waals surface area contributed by atoms with Gasteiger partial charge in [0, 0.05) is 36.9 Å². The number of aryl methyl sites for hydroxylation is 1. The predicted molar refractivity (Wildman–Crippen MR) is 145 cm³/mol. The van der Waals surface area contributed by atoms with Gasteiger partial charge in [-0.3, -0.25) is 4.68 Å². The zero-order valence-electron chi connectivity index (χ0n) is 22.0. The second kappa shape index (κ2) is 12.7. The lowest BCUT2D eigenvalue weighted by atomic mass is 9.95. The number of rotatable bonds is 12. The average molecular weight is 478 g/mol. The molecule has 0 bridgehead atoms. The van der Waals surface area contributed by atoms with Gasteiger partial charge in [0.25, 0.3) is 0 Å². The molecule has 0 fully saturated rings. The van der Waals surface area contributed by atoms with Crippen LogP contribution in [0.4, 0.5) is 4.39 Å². The molecule has 2 aromatic carbocycles. The SMILES string of the molecule is CCC/C=C(C)/C(CCOc1cc(F)ccc1-c1ccc2c(c1)c(CCN)nn2C)=C(/C)CCC. The number of halogens is 1. The van der Waals surface area contributed by atoms with Gasteiger partial charge in [0.15, 0.2) is 0 Å². The Labute approximate surface area is 209 Å². The smallest absolute Gasteiger partial charge is 0.130 e. The highest BCUT2D eigenvalue weighted by Gasteiger charge is 2.14. The van der Waals surface area contributed by atoms with Gasteiger partial charge in [0.05, 0.1) is 17.8 Å². The molecule has 3 aromatic rings. The fourth-order valence-corrected chi connectivity index (χ4v) is 4.70. The fourth-order valence-electron chi connectivity index (χ4n) is 4.70. The van der Waals surface area contributed by atoms with Crippen molar-refractivity contribution >= 4 is 10.9 Å². The molecule has 0 radical (unpaired) electrons. The lowest BCUT2D eigenvalue weighted by Crippen LogP contribution is -2.04. The van der Waals surface area contributed by atoms with Crippen molar-refractivity contribution in [3.8, 4) is 16.9 Å². The third kappa shape index (κ3) is 6.61. The second-order valence-electron chi connectivity index (χ2n) is 9.26. The monoisotopic (exact) mass is 477 g/mol. The molecule has 0 spiro atoms. The van der Waals surface area contributed by atoms with Crippen LogP contribution in [0.5, 0.6) is 5.75 Å². The number of ether oxygens (including phenoxy) is 1. The van der Waals surface area contributed by atoms with Gasteiger partial charge >= 0.3 is 0 Å². The molecule has 0 saturated heterocycles. The Balaban J connectivity index is 1.89. The summed E-state index contributed by atoms with van der Waals surface area (Å²) in [5.74, 6) is 0.267. The van der Waals surface area contributed by atoms with Crippen molar-refractivity contribution in [1.82, 2.24) is 9.78 Å². The number of hydrogen-bond acceptors (Lipinski definition) is 3. The molecule has 0 aliphatic heterocycles. The van der Waals surface area contributed by atoms with Crippen molar-refractivity contribution < 1.29 is 9.13 Å². The molecular formula is C30H40FN3O. The van der Waals surface area contributed by atoms with Crippen molar-refractivity contribution in [2.75, 3.05) is 13.2 Å². The fraction of sp³-hybridized carbons (Fsp3) is 0.433. The van der Waals surface area contributed by atoms with Crippen molar-refractivity contribution in [3.05, 3.63) is 70.7 Å². The molecule has 0 unspecified atom stereocenters. The standard InChI is InChI=1S/C30H40FN3O/c1-6-8-10-22(4)25(21(3)9-7-2)16-18-35-30-20-24(31)12-13-26(30)23-11-14-29-27(19-23)28(15-17-32)33-34(29)5/h10-14,19-20H,6-9,15-18,32H2,1-5H3/b22-10+,25-21-. The largest absolute Gasteiger partial charge is 0.492 e. The van der Waals surface area contributed by atoms with Gasteiger partial charge in [-0.05, 0) is 68.6 Å². The van der Waals surface area contributed by atoms with Gasteiger partial charge in [0.1, 0.15) is 11.6 Å². The van der Waals surface area contributed by atoms with E-state index in [1.54, 1.807) is 6.07 Å². The number of hydrogen-bond donors (Lipinski definition) is 1. The first-order valence-electron chi connectivity index (χ1n) is 12.8. The summed E-state index contributed by atoms with van der Waals surface area (Å²) < 4.78 is 22.4. The van der Waals surface area contributed by atoms with Crippen LogP contribution in [0, 0.1) is 5.82 Å². The zero-order valence-corrected chi connectivity index (χ0v) is 22.0. The maximum atomic E-state index is 14.2. The summed E-state index contributed by atoms with van der Waals surface area (Å²) in [5, 5.41) is 5.70. The highest BCUT2D eigenvalue weighted by molar-refractivity contribution is 5.88. The Kier molecular flexibility index (Phi) is 9.67. The summed E-state index contributed by atoms with van der Waals surface area (Å²) in [4.78, 5) is 0. The van der Waals surface area contributed by atoms with Crippen LogP contribution in [0.3, 0.4) is 0 Å². The summed E-state index contributed by atoms with van der Waals surface area (Å²) in [6, 6.07) is 11.0. The first kappa shape index (κ1) is 26.7. The van der Waals surface area contributed by atoms with Crippen LogP contribution >= 0.6 is 0 Å².